The molecule has 8 heteroatoms. The van der Waals surface area contributed by atoms with Gasteiger partial charge in [0.25, 0.3) is 5.91 Å². The van der Waals surface area contributed by atoms with Crippen LogP contribution >= 0.6 is 0 Å². The summed E-state index contributed by atoms with van der Waals surface area (Å²) in [6.45, 7) is 5.66. The van der Waals surface area contributed by atoms with Gasteiger partial charge in [-0.3, -0.25) is 14.3 Å². The van der Waals surface area contributed by atoms with Crippen LogP contribution in [-0.2, 0) is 7.05 Å². The summed E-state index contributed by atoms with van der Waals surface area (Å²) >= 11 is 0. The number of pyridine rings is 1. The van der Waals surface area contributed by atoms with Gasteiger partial charge in [0.05, 0.1) is 22.6 Å². The Balaban J connectivity index is 1.68. The third-order valence-corrected chi connectivity index (χ3v) is 6.15. The van der Waals surface area contributed by atoms with Crippen molar-refractivity contribution in [2.75, 3.05) is 5.32 Å². The van der Waals surface area contributed by atoms with Crippen LogP contribution in [0.2, 0.25) is 0 Å². The predicted molar refractivity (Wildman–Crippen MR) is 136 cm³/mol. The highest BCUT2D eigenvalue weighted by Crippen LogP contribution is 2.33. The molecule has 0 fully saturated rings. The van der Waals surface area contributed by atoms with Crippen LogP contribution < -0.4 is 16.5 Å². The van der Waals surface area contributed by atoms with Crippen molar-refractivity contribution >= 4 is 33.5 Å². The van der Waals surface area contributed by atoms with E-state index < -0.39 is 5.91 Å². The van der Waals surface area contributed by atoms with Gasteiger partial charge in [0.2, 0.25) is 0 Å². The van der Waals surface area contributed by atoms with Gasteiger partial charge in [-0.2, -0.15) is 5.10 Å². The molecular formula is C27H25N5O3. The van der Waals surface area contributed by atoms with E-state index in [-0.39, 0.29) is 17.2 Å². The van der Waals surface area contributed by atoms with E-state index in [1.54, 1.807) is 23.7 Å². The molecule has 1 unspecified atom stereocenters. The molecule has 0 bridgehead atoms. The second kappa shape index (κ2) is 8.39. The Bertz CT molecular complexity index is 1680. The number of aromatic nitrogens is 3. The molecule has 2 aromatic carbocycles. The van der Waals surface area contributed by atoms with E-state index in [0.717, 1.165) is 27.6 Å². The molecule has 176 valence electrons. The Hall–Kier alpha value is -4.46. The monoisotopic (exact) mass is 467 g/mol. The summed E-state index contributed by atoms with van der Waals surface area (Å²) in [7, 11) is 1.87. The molecule has 0 radical (unpaired) electrons. The second-order valence-electron chi connectivity index (χ2n) is 8.82. The first-order valence-corrected chi connectivity index (χ1v) is 11.3. The van der Waals surface area contributed by atoms with E-state index in [9.17, 15) is 9.59 Å². The van der Waals surface area contributed by atoms with Crippen molar-refractivity contribution < 1.29 is 9.21 Å². The average Bonchev–Trinajstić information content (AvgIpc) is 3.20. The van der Waals surface area contributed by atoms with Crippen LogP contribution in [0.4, 0.5) is 5.69 Å². The molecule has 1 amide bonds. The smallest absolute Gasteiger partial charge is 0.269 e. The van der Waals surface area contributed by atoms with E-state index in [1.165, 1.54) is 6.20 Å². The summed E-state index contributed by atoms with van der Waals surface area (Å²) in [6.07, 6.45) is 3.45. The van der Waals surface area contributed by atoms with Crippen molar-refractivity contribution in [2.24, 2.45) is 12.8 Å². The molecule has 3 heterocycles. The first kappa shape index (κ1) is 22.3. The number of nitrogens with one attached hydrogen (secondary N) is 1. The minimum absolute atomic E-state index is 0.0797. The quantitative estimate of drug-likeness (QED) is 0.389. The van der Waals surface area contributed by atoms with Crippen LogP contribution in [0.15, 0.2) is 64.1 Å². The summed E-state index contributed by atoms with van der Waals surface area (Å²) in [5, 5.41) is 9.21. The fourth-order valence-corrected chi connectivity index (χ4v) is 4.48. The largest absolute Gasteiger partial charge is 0.455 e. The molecule has 8 nitrogen and oxygen atoms in total. The highest BCUT2D eigenvalue weighted by atomic mass is 16.3. The Kier molecular flexibility index (Phi) is 5.36. The maximum atomic E-state index is 13.5. The maximum Gasteiger partial charge on any atom is 0.269 e. The van der Waals surface area contributed by atoms with E-state index in [4.69, 9.17) is 10.2 Å². The number of carbonyl (C=O) groups is 1. The number of nitrogens with two attached hydrogens (primary N) is 1. The number of aryl methyl sites for hydroxylation is 2. The molecule has 0 aliphatic rings. The molecule has 0 saturated carbocycles. The standard InChI is InChI=1S/C27H25N5O3/c1-14-10-19(16(3)30-22-6-5-9-29-23(22)27(28)34)26-20(11-14)24(33)15(2)25(35-26)17-7-8-21-18(12-17)13-32(4)31-21/h5-13,16,30H,1-4H3,(H2,28,34). The molecule has 0 spiro atoms. The average molecular weight is 468 g/mol. The fraction of sp³-hybridized carbons (Fsp3) is 0.185. The molecule has 3 aromatic heterocycles. The summed E-state index contributed by atoms with van der Waals surface area (Å²) in [5.41, 5.74) is 10.5. The van der Waals surface area contributed by atoms with Crippen LogP contribution in [0.3, 0.4) is 0 Å². The molecule has 1 atom stereocenters. The van der Waals surface area contributed by atoms with Crippen molar-refractivity contribution in [1.29, 1.82) is 0 Å². The number of hydrogen-bond donors (Lipinski definition) is 2. The minimum atomic E-state index is -0.621. The minimum Gasteiger partial charge on any atom is -0.455 e. The Morgan fingerprint density at radius 1 is 1.17 bits per heavy atom. The Morgan fingerprint density at radius 3 is 2.74 bits per heavy atom. The lowest BCUT2D eigenvalue weighted by Gasteiger charge is -2.19. The van der Waals surface area contributed by atoms with Crippen molar-refractivity contribution in [2.45, 2.75) is 26.8 Å². The van der Waals surface area contributed by atoms with Gasteiger partial charge in [0, 0.05) is 41.5 Å². The first-order chi connectivity index (χ1) is 16.7. The van der Waals surface area contributed by atoms with Crippen LogP contribution in [0.5, 0.6) is 0 Å². The number of amides is 1. The van der Waals surface area contributed by atoms with Crippen LogP contribution in [0, 0.1) is 13.8 Å². The molecule has 0 aliphatic carbocycles. The lowest BCUT2D eigenvalue weighted by molar-refractivity contribution is 0.0996. The Labute approximate surface area is 201 Å². The molecule has 35 heavy (non-hydrogen) atoms. The van der Waals surface area contributed by atoms with E-state index >= 15 is 0 Å². The summed E-state index contributed by atoms with van der Waals surface area (Å²) in [6, 6.07) is 12.8. The third-order valence-electron chi connectivity index (χ3n) is 6.15. The van der Waals surface area contributed by atoms with Gasteiger partial charge in [-0.25, -0.2) is 4.98 Å². The predicted octanol–water partition coefficient (Wildman–Crippen LogP) is 4.63. The zero-order chi connectivity index (χ0) is 24.9. The zero-order valence-corrected chi connectivity index (χ0v) is 19.9. The van der Waals surface area contributed by atoms with Gasteiger partial charge in [-0.1, -0.05) is 6.07 Å². The van der Waals surface area contributed by atoms with Gasteiger partial charge in [-0.15, -0.1) is 0 Å². The van der Waals surface area contributed by atoms with Crippen molar-refractivity contribution in [3.8, 4) is 11.3 Å². The molecule has 5 rings (SSSR count). The number of nitrogens with zero attached hydrogens (tertiary/aromatic N) is 3. The van der Waals surface area contributed by atoms with Crippen LogP contribution in [0.1, 0.15) is 40.1 Å². The van der Waals surface area contributed by atoms with Crippen molar-refractivity contribution in [1.82, 2.24) is 14.8 Å². The topological polar surface area (TPSA) is 116 Å². The van der Waals surface area contributed by atoms with Crippen LogP contribution in [-0.4, -0.2) is 20.7 Å². The van der Waals surface area contributed by atoms with Crippen molar-refractivity contribution in [3.05, 3.63) is 87.5 Å². The van der Waals surface area contributed by atoms with Crippen LogP contribution in [0.25, 0.3) is 33.2 Å². The zero-order valence-electron chi connectivity index (χ0n) is 19.9. The number of rotatable bonds is 5. The lowest BCUT2D eigenvalue weighted by Crippen LogP contribution is -2.18. The molecule has 0 saturated heterocycles. The number of carbonyl (C=O) groups excluding carboxylic acids is 1. The summed E-state index contributed by atoms with van der Waals surface area (Å²) in [5.74, 6) is -0.102. The number of anilines is 1. The van der Waals surface area contributed by atoms with Crippen molar-refractivity contribution in [3.63, 3.8) is 0 Å². The fourth-order valence-electron chi connectivity index (χ4n) is 4.48. The SMILES string of the molecule is Cc1cc(C(C)Nc2cccnc2C(N)=O)c2oc(-c3ccc4nn(C)cc4c3)c(C)c(=O)c2c1. The molecule has 0 aliphatic heterocycles. The van der Waals surface area contributed by atoms with Gasteiger partial charge >= 0.3 is 0 Å². The third kappa shape index (κ3) is 3.93. The lowest BCUT2D eigenvalue weighted by atomic mass is 9.98. The Morgan fingerprint density at radius 2 is 1.97 bits per heavy atom. The number of hydrogen-bond acceptors (Lipinski definition) is 6. The van der Waals surface area contributed by atoms with Gasteiger partial charge in [0.15, 0.2) is 11.1 Å². The van der Waals surface area contributed by atoms with E-state index in [2.05, 4.69) is 15.4 Å². The molecule has 3 N–H and O–H groups in total. The van der Waals surface area contributed by atoms with Gasteiger partial charge in [-0.05, 0) is 62.7 Å². The van der Waals surface area contributed by atoms with Gasteiger partial charge < -0.3 is 15.5 Å². The highest BCUT2D eigenvalue weighted by molar-refractivity contribution is 5.96. The first-order valence-electron chi connectivity index (χ1n) is 11.3. The normalized spacial score (nSPS) is 12.2. The second-order valence-corrected chi connectivity index (χ2v) is 8.82. The molecule has 5 aromatic rings. The van der Waals surface area contributed by atoms with E-state index in [0.29, 0.717) is 28.0 Å². The number of primary amides is 1. The molecular weight excluding hydrogens is 442 g/mol. The summed E-state index contributed by atoms with van der Waals surface area (Å²) < 4.78 is 8.22. The number of fused-ring (bicyclic) bond motifs is 2. The number of benzene rings is 2. The summed E-state index contributed by atoms with van der Waals surface area (Å²) in [4.78, 5) is 29.4. The maximum absolute atomic E-state index is 13.5. The van der Waals surface area contributed by atoms with E-state index in [1.807, 2.05) is 57.4 Å². The highest BCUT2D eigenvalue weighted by Gasteiger charge is 2.20. The van der Waals surface area contributed by atoms with Gasteiger partial charge in [0.1, 0.15) is 11.3 Å².